The standard InChI is InChI=1S/C32H23N5OS/c33-18-22(31(38)35-32-28(19-34)26-14-6-7-16-29(26)39-32)17-23-20-37(24-11-2-1-3-12-24)36-30(23)27-15-8-10-21-9-4-5-13-25(21)27/h1-5,8-13,15,17,20H,6-7,14,16H2,(H,35,38)/b22-17+. The summed E-state index contributed by atoms with van der Waals surface area (Å²) in [6, 6.07) is 28.1. The first kappa shape index (κ1) is 24.4. The number of amides is 1. The number of para-hydroxylation sites is 1. The molecule has 0 saturated heterocycles. The fraction of sp³-hybridized carbons (Fsp3) is 0.125. The van der Waals surface area contributed by atoms with Gasteiger partial charge in [-0.1, -0.05) is 60.7 Å². The van der Waals surface area contributed by atoms with Gasteiger partial charge in [-0.25, -0.2) is 4.68 Å². The number of aromatic nitrogens is 2. The molecule has 0 saturated carbocycles. The largest absolute Gasteiger partial charge is 0.312 e. The third kappa shape index (κ3) is 4.61. The van der Waals surface area contributed by atoms with Crippen molar-refractivity contribution in [3.05, 3.63) is 106 Å². The van der Waals surface area contributed by atoms with E-state index >= 15 is 0 Å². The second-order valence-corrected chi connectivity index (χ2v) is 10.5. The molecule has 0 bridgehead atoms. The number of carbonyl (C=O) groups excluding carboxylic acids is 1. The highest BCUT2D eigenvalue weighted by atomic mass is 32.1. The van der Waals surface area contributed by atoms with E-state index in [1.807, 2.05) is 79.0 Å². The van der Waals surface area contributed by atoms with Gasteiger partial charge in [0.1, 0.15) is 28.4 Å². The molecule has 2 aromatic heterocycles. The summed E-state index contributed by atoms with van der Waals surface area (Å²) < 4.78 is 1.76. The predicted octanol–water partition coefficient (Wildman–Crippen LogP) is 7.05. The first-order valence-corrected chi connectivity index (χ1v) is 13.6. The van der Waals surface area contributed by atoms with Crippen LogP contribution in [-0.4, -0.2) is 15.7 Å². The zero-order valence-corrected chi connectivity index (χ0v) is 21.8. The molecule has 0 fully saturated rings. The molecular weight excluding hydrogens is 502 g/mol. The lowest BCUT2D eigenvalue weighted by atomic mass is 9.96. The Morgan fingerprint density at radius 1 is 0.974 bits per heavy atom. The Balaban J connectivity index is 1.44. The van der Waals surface area contributed by atoms with Crippen molar-refractivity contribution in [1.82, 2.24) is 9.78 Å². The molecule has 6 nitrogen and oxygen atoms in total. The highest BCUT2D eigenvalue weighted by Crippen LogP contribution is 2.38. The first-order chi connectivity index (χ1) is 19.2. The zero-order chi connectivity index (χ0) is 26.8. The minimum Gasteiger partial charge on any atom is -0.312 e. The lowest BCUT2D eigenvalue weighted by Gasteiger charge is -2.09. The van der Waals surface area contributed by atoms with Crippen molar-refractivity contribution in [2.45, 2.75) is 25.7 Å². The van der Waals surface area contributed by atoms with Crippen molar-refractivity contribution in [3.63, 3.8) is 0 Å². The topological polar surface area (TPSA) is 94.5 Å². The van der Waals surface area contributed by atoms with Crippen molar-refractivity contribution in [2.75, 3.05) is 5.32 Å². The van der Waals surface area contributed by atoms with Crippen LogP contribution in [0, 0.1) is 22.7 Å². The summed E-state index contributed by atoms with van der Waals surface area (Å²) >= 11 is 1.44. The van der Waals surface area contributed by atoms with Gasteiger partial charge in [0, 0.05) is 22.2 Å². The number of thiophene rings is 1. The van der Waals surface area contributed by atoms with E-state index in [9.17, 15) is 15.3 Å². The Labute approximate surface area is 230 Å². The number of carbonyl (C=O) groups is 1. The number of nitrogens with zero attached hydrogens (tertiary/aromatic N) is 4. The van der Waals surface area contributed by atoms with Crippen LogP contribution in [0.15, 0.2) is 84.6 Å². The second kappa shape index (κ2) is 10.4. The molecule has 6 rings (SSSR count). The average molecular weight is 526 g/mol. The molecule has 5 aromatic rings. The molecule has 188 valence electrons. The minimum absolute atomic E-state index is 0.0561. The maximum absolute atomic E-state index is 13.3. The van der Waals surface area contributed by atoms with Crippen LogP contribution in [0.3, 0.4) is 0 Å². The number of anilines is 1. The van der Waals surface area contributed by atoms with Crippen LogP contribution in [0.1, 0.15) is 34.4 Å². The van der Waals surface area contributed by atoms with Crippen molar-refractivity contribution >= 4 is 39.1 Å². The molecule has 0 unspecified atom stereocenters. The number of hydrogen-bond donors (Lipinski definition) is 1. The third-order valence-corrected chi connectivity index (χ3v) is 8.19. The summed E-state index contributed by atoms with van der Waals surface area (Å²) in [5, 5.41) is 30.2. The molecule has 7 heteroatoms. The summed E-state index contributed by atoms with van der Waals surface area (Å²) in [7, 11) is 0. The molecule has 1 N–H and O–H groups in total. The SMILES string of the molecule is N#C/C(=C\c1cn(-c2ccccc2)nc1-c1cccc2ccccc12)C(=O)Nc1sc2c(c1C#N)CCCC2. The molecule has 39 heavy (non-hydrogen) atoms. The second-order valence-electron chi connectivity index (χ2n) is 9.39. The van der Waals surface area contributed by atoms with Crippen LogP contribution in [0.25, 0.3) is 33.8 Å². The summed E-state index contributed by atoms with van der Waals surface area (Å²) in [4.78, 5) is 14.5. The summed E-state index contributed by atoms with van der Waals surface area (Å²) in [5.41, 5.74) is 4.59. The molecule has 3 aromatic carbocycles. The van der Waals surface area contributed by atoms with Gasteiger partial charge >= 0.3 is 0 Å². The van der Waals surface area contributed by atoms with E-state index in [1.165, 1.54) is 11.3 Å². The number of aryl methyl sites for hydroxylation is 1. The number of rotatable bonds is 5. The monoisotopic (exact) mass is 525 g/mol. The van der Waals surface area contributed by atoms with Crippen LogP contribution < -0.4 is 5.32 Å². The molecular formula is C32H23N5OS. The van der Waals surface area contributed by atoms with E-state index in [0.717, 1.165) is 58.1 Å². The van der Waals surface area contributed by atoms with Crippen molar-refractivity contribution < 1.29 is 4.79 Å². The van der Waals surface area contributed by atoms with E-state index < -0.39 is 5.91 Å². The van der Waals surface area contributed by atoms with Crippen LogP contribution in [0.5, 0.6) is 0 Å². The minimum atomic E-state index is -0.538. The van der Waals surface area contributed by atoms with Crippen LogP contribution in [-0.2, 0) is 17.6 Å². The number of fused-ring (bicyclic) bond motifs is 2. The van der Waals surface area contributed by atoms with Gasteiger partial charge in [-0.3, -0.25) is 4.79 Å². The third-order valence-electron chi connectivity index (χ3n) is 6.98. The fourth-order valence-corrected chi connectivity index (χ4v) is 6.33. The average Bonchev–Trinajstić information content (AvgIpc) is 3.56. The van der Waals surface area contributed by atoms with Gasteiger partial charge in [0.05, 0.1) is 11.3 Å². The van der Waals surface area contributed by atoms with E-state index in [4.69, 9.17) is 5.10 Å². The summed E-state index contributed by atoms with van der Waals surface area (Å²) in [6.45, 7) is 0. The Kier molecular flexibility index (Phi) is 6.50. The van der Waals surface area contributed by atoms with E-state index in [1.54, 1.807) is 10.8 Å². The van der Waals surface area contributed by atoms with Crippen LogP contribution in [0.2, 0.25) is 0 Å². The summed E-state index contributed by atoms with van der Waals surface area (Å²) in [5.74, 6) is -0.538. The smallest absolute Gasteiger partial charge is 0.266 e. The molecule has 0 aliphatic heterocycles. The zero-order valence-electron chi connectivity index (χ0n) is 21.0. The van der Waals surface area contributed by atoms with Crippen molar-refractivity contribution in [2.24, 2.45) is 0 Å². The number of hydrogen-bond acceptors (Lipinski definition) is 5. The Morgan fingerprint density at radius 3 is 2.56 bits per heavy atom. The van der Waals surface area contributed by atoms with Gasteiger partial charge in [0.25, 0.3) is 5.91 Å². The maximum atomic E-state index is 13.3. The first-order valence-electron chi connectivity index (χ1n) is 12.8. The Bertz CT molecular complexity index is 1830. The molecule has 0 atom stereocenters. The van der Waals surface area contributed by atoms with Gasteiger partial charge in [-0.15, -0.1) is 11.3 Å². The van der Waals surface area contributed by atoms with Crippen molar-refractivity contribution in [1.29, 1.82) is 10.5 Å². The molecule has 1 aliphatic rings. The van der Waals surface area contributed by atoms with Crippen LogP contribution in [0.4, 0.5) is 5.00 Å². The van der Waals surface area contributed by atoms with Gasteiger partial charge < -0.3 is 5.32 Å². The van der Waals surface area contributed by atoms with Gasteiger partial charge in [0.2, 0.25) is 0 Å². The molecule has 1 aliphatic carbocycles. The lowest BCUT2D eigenvalue weighted by Crippen LogP contribution is -2.13. The van der Waals surface area contributed by atoms with E-state index in [0.29, 0.717) is 21.8 Å². The highest BCUT2D eigenvalue weighted by Gasteiger charge is 2.23. The fourth-order valence-electron chi connectivity index (χ4n) is 5.09. The van der Waals surface area contributed by atoms with Crippen LogP contribution >= 0.6 is 11.3 Å². The van der Waals surface area contributed by atoms with E-state index in [-0.39, 0.29) is 5.57 Å². The molecule has 1 amide bonds. The molecule has 0 radical (unpaired) electrons. The Hall–Kier alpha value is -4.98. The highest BCUT2D eigenvalue weighted by molar-refractivity contribution is 7.16. The van der Waals surface area contributed by atoms with Gasteiger partial charge in [-0.2, -0.15) is 15.6 Å². The van der Waals surface area contributed by atoms with Crippen molar-refractivity contribution in [3.8, 4) is 29.1 Å². The quantitative estimate of drug-likeness (QED) is 0.196. The summed E-state index contributed by atoms with van der Waals surface area (Å²) in [6.07, 6.45) is 7.30. The molecule has 2 heterocycles. The van der Waals surface area contributed by atoms with E-state index in [2.05, 4.69) is 17.5 Å². The van der Waals surface area contributed by atoms with Gasteiger partial charge in [0.15, 0.2) is 0 Å². The number of nitrogens with one attached hydrogen (secondary N) is 1. The van der Waals surface area contributed by atoms with Gasteiger partial charge in [-0.05, 0) is 60.2 Å². The number of benzene rings is 3. The lowest BCUT2D eigenvalue weighted by molar-refractivity contribution is -0.112. The predicted molar refractivity (Wildman–Crippen MR) is 154 cm³/mol. The maximum Gasteiger partial charge on any atom is 0.266 e. The normalized spacial score (nSPS) is 12.9. The number of nitriles is 2. The molecule has 0 spiro atoms. The Morgan fingerprint density at radius 2 is 1.74 bits per heavy atom.